The molecule has 0 amide bonds. The van der Waals surface area contributed by atoms with Crippen LogP contribution in [0, 0.1) is 6.42 Å². The van der Waals surface area contributed by atoms with Crippen molar-refractivity contribution >= 4 is 21.1 Å². The SMILES string of the molecule is CC1C[CH]CCN1S(=O)(=O)c1ccc2c(c1)oc(=O)n2C. The van der Waals surface area contributed by atoms with Crippen LogP contribution in [0.1, 0.15) is 19.8 Å². The van der Waals surface area contributed by atoms with Crippen LogP contribution in [0.15, 0.2) is 32.3 Å². The molecule has 1 aliphatic rings. The van der Waals surface area contributed by atoms with Crippen molar-refractivity contribution in [3.63, 3.8) is 0 Å². The molecule has 0 aliphatic carbocycles. The summed E-state index contributed by atoms with van der Waals surface area (Å²) >= 11 is 0. The van der Waals surface area contributed by atoms with Crippen LogP contribution in [0.2, 0.25) is 0 Å². The number of rotatable bonds is 2. The van der Waals surface area contributed by atoms with E-state index in [1.54, 1.807) is 13.1 Å². The maximum Gasteiger partial charge on any atom is 0.419 e. The molecule has 1 atom stereocenters. The summed E-state index contributed by atoms with van der Waals surface area (Å²) in [6.07, 6.45) is 3.62. The molecule has 0 spiro atoms. The van der Waals surface area contributed by atoms with Crippen LogP contribution in [0.3, 0.4) is 0 Å². The minimum atomic E-state index is -3.56. The van der Waals surface area contributed by atoms with Crippen LogP contribution in [0.4, 0.5) is 0 Å². The Hall–Kier alpha value is -1.60. The standard InChI is InChI=1S/C14H17N2O4S/c1-10-5-3-4-8-16(10)21(18,19)11-6-7-12-13(9-11)20-14(17)15(12)2/h3,6-7,9-10H,4-5,8H2,1-2H3. The quantitative estimate of drug-likeness (QED) is 0.843. The van der Waals surface area contributed by atoms with Gasteiger partial charge in [-0.2, -0.15) is 4.31 Å². The van der Waals surface area contributed by atoms with Crippen molar-refractivity contribution in [2.75, 3.05) is 6.54 Å². The molecule has 1 radical (unpaired) electrons. The van der Waals surface area contributed by atoms with E-state index in [0.29, 0.717) is 17.6 Å². The van der Waals surface area contributed by atoms with E-state index < -0.39 is 15.8 Å². The molecule has 1 unspecified atom stereocenters. The van der Waals surface area contributed by atoms with Gasteiger partial charge in [-0.15, -0.1) is 0 Å². The molecule has 7 heteroatoms. The highest BCUT2D eigenvalue weighted by molar-refractivity contribution is 7.89. The Labute approximate surface area is 123 Å². The molecule has 3 rings (SSSR count). The van der Waals surface area contributed by atoms with Gasteiger partial charge in [0.05, 0.1) is 10.4 Å². The number of nitrogens with zero attached hydrogens (tertiary/aromatic N) is 2. The molecule has 0 N–H and O–H groups in total. The largest absolute Gasteiger partial charge is 0.419 e. The number of fused-ring (bicyclic) bond motifs is 1. The number of hydrogen-bond donors (Lipinski definition) is 0. The summed E-state index contributed by atoms with van der Waals surface area (Å²) in [7, 11) is -1.98. The van der Waals surface area contributed by atoms with Crippen LogP contribution >= 0.6 is 0 Å². The van der Waals surface area contributed by atoms with Crippen molar-refractivity contribution in [2.24, 2.45) is 7.05 Å². The monoisotopic (exact) mass is 309 g/mol. The molecular weight excluding hydrogens is 292 g/mol. The predicted octanol–water partition coefficient (Wildman–Crippen LogP) is 1.51. The van der Waals surface area contributed by atoms with Crippen LogP contribution in [0.25, 0.3) is 11.1 Å². The first-order chi connectivity index (χ1) is 9.91. The van der Waals surface area contributed by atoms with E-state index in [1.165, 1.54) is 21.0 Å². The zero-order chi connectivity index (χ0) is 15.2. The van der Waals surface area contributed by atoms with Gasteiger partial charge in [0.1, 0.15) is 0 Å². The van der Waals surface area contributed by atoms with Crippen molar-refractivity contribution in [1.29, 1.82) is 0 Å². The summed E-state index contributed by atoms with van der Waals surface area (Å²) in [5, 5.41) is 0. The first-order valence-corrected chi connectivity index (χ1v) is 8.28. The molecule has 2 aromatic rings. The molecule has 21 heavy (non-hydrogen) atoms. The first kappa shape index (κ1) is 14.3. The lowest BCUT2D eigenvalue weighted by Gasteiger charge is -2.32. The van der Waals surface area contributed by atoms with Gasteiger partial charge < -0.3 is 4.42 Å². The first-order valence-electron chi connectivity index (χ1n) is 6.84. The summed E-state index contributed by atoms with van der Waals surface area (Å²) in [6.45, 7) is 2.38. The van der Waals surface area contributed by atoms with Gasteiger partial charge in [0.2, 0.25) is 10.0 Å². The van der Waals surface area contributed by atoms with Gasteiger partial charge in [-0.05, 0) is 38.3 Å². The van der Waals surface area contributed by atoms with Gasteiger partial charge in [0.15, 0.2) is 5.58 Å². The minimum Gasteiger partial charge on any atom is -0.408 e. The van der Waals surface area contributed by atoms with E-state index in [0.717, 1.165) is 12.8 Å². The van der Waals surface area contributed by atoms with Crippen molar-refractivity contribution in [3.8, 4) is 0 Å². The molecular formula is C14H17N2O4S. The number of aromatic nitrogens is 1. The van der Waals surface area contributed by atoms with E-state index in [1.807, 2.05) is 6.92 Å². The molecule has 1 aliphatic heterocycles. The fourth-order valence-corrected chi connectivity index (χ4v) is 4.36. The van der Waals surface area contributed by atoms with Crippen molar-refractivity contribution in [2.45, 2.75) is 30.7 Å². The van der Waals surface area contributed by atoms with Crippen LogP contribution < -0.4 is 5.76 Å². The second-order valence-electron chi connectivity index (χ2n) is 5.33. The van der Waals surface area contributed by atoms with E-state index in [9.17, 15) is 13.2 Å². The van der Waals surface area contributed by atoms with Crippen molar-refractivity contribution in [1.82, 2.24) is 8.87 Å². The van der Waals surface area contributed by atoms with Crippen molar-refractivity contribution < 1.29 is 12.8 Å². The van der Waals surface area contributed by atoms with E-state index in [2.05, 4.69) is 6.42 Å². The highest BCUT2D eigenvalue weighted by atomic mass is 32.2. The number of sulfonamides is 1. The van der Waals surface area contributed by atoms with Gasteiger partial charge in [-0.3, -0.25) is 4.57 Å². The van der Waals surface area contributed by atoms with E-state index >= 15 is 0 Å². The van der Waals surface area contributed by atoms with Gasteiger partial charge >= 0.3 is 5.76 Å². The Morgan fingerprint density at radius 2 is 2.10 bits per heavy atom. The number of oxazole rings is 1. The lowest BCUT2D eigenvalue weighted by Crippen LogP contribution is -2.42. The highest BCUT2D eigenvalue weighted by Gasteiger charge is 2.31. The average Bonchev–Trinajstić information content (AvgIpc) is 2.74. The van der Waals surface area contributed by atoms with Gasteiger partial charge in [0.25, 0.3) is 0 Å². The Kier molecular flexibility index (Phi) is 3.41. The summed E-state index contributed by atoms with van der Waals surface area (Å²) in [5.41, 5.74) is 0.874. The molecule has 1 fully saturated rings. The molecule has 0 bridgehead atoms. The molecule has 1 saturated heterocycles. The summed E-state index contributed by atoms with van der Waals surface area (Å²) in [6, 6.07) is 4.50. The zero-order valence-electron chi connectivity index (χ0n) is 11.9. The molecule has 6 nitrogen and oxygen atoms in total. The maximum atomic E-state index is 12.7. The Morgan fingerprint density at radius 3 is 2.81 bits per heavy atom. The second-order valence-corrected chi connectivity index (χ2v) is 7.22. The second kappa shape index (κ2) is 4.99. The molecule has 2 heterocycles. The third kappa shape index (κ3) is 2.30. The lowest BCUT2D eigenvalue weighted by atomic mass is 10.1. The fraction of sp³-hybridized carbons (Fsp3) is 0.429. The highest BCUT2D eigenvalue weighted by Crippen LogP contribution is 2.26. The van der Waals surface area contributed by atoms with Gasteiger partial charge in [-0.1, -0.05) is 0 Å². The summed E-state index contributed by atoms with van der Waals surface area (Å²) < 4.78 is 33.4. The third-order valence-electron chi connectivity index (χ3n) is 3.92. The summed E-state index contributed by atoms with van der Waals surface area (Å²) in [4.78, 5) is 11.7. The lowest BCUT2D eigenvalue weighted by molar-refractivity contribution is 0.303. The predicted molar refractivity (Wildman–Crippen MR) is 78.3 cm³/mol. The fourth-order valence-electron chi connectivity index (χ4n) is 2.68. The third-order valence-corrected chi connectivity index (χ3v) is 5.93. The molecule has 113 valence electrons. The number of aryl methyl sites for hydroxylation is 1. The summed E-state index contributed by atoms with van der Waals surface area (Å²) in [5.74, 6) is -0.500. The smallest absolute Gasteiger partial charge is 0.408 e. The van der Waals surface area contributed by atoms with E-state index in [4.69, 9.17) is 4.42 Å². The minimum absolute atomic E-state index is 0.0535. The molecule has 1 aromatic carbocycles. The number of piperidine rings is 1. The number of hydrogen-bond acceptors (Lipinski definition) is 4. The Balaban J connectivity index is 2.08. The van der Waals surface area contributed by atoms with Crippen LogP contribution in [-0.4, -0.2) is 29.9 Å². The van der Waals surface area contributed by atoms with Gasteiger partial charge in [0, 0.05) is 25.7 Å². The topological polar surface area (TPSA) is 72.5 Å². The average molecular weight is 309 g/mol. The Bertz CT molecular complexity index is 834. The Morgan fingerprint density at radius 1 is 1.33 bits per heavy atom. The normalized spacial score (nSPS) is 21.0. The van der Waals surface area contributed by atoms with Crippen LogP contribution in [0.5, 0.6) is 0 Å². The van der Waals surface area contributed by atoms with E-state index in [-0.39, 0.29) is 10.9 Å². The molecule has 1 aromatic heterocycles. The maximum absolute atomic E-state index is 12.7. The molecule has 0 saturated carbocycles. The van der Waals surface area contributed by atoms with Crippen molar-refractivity contribution in [3.05, 3.63) is 35.2 Å². The van der Waals surface area contributed by atoms with Gasteiger partial charge in [-0.25, -0.2) is 13.2 Å². The van der Waals surface area contributed by atoms with Crippen LogP contribution in [-0.2, 0) is 17.1 Å². The number of benzene rings is 1. The zero-order valence-corrected chi connectivity index (χ0v) is 12.8.